The van der Waals surface area contributed by atoms with Gasteiger partial charge < -0.3 is 5.11 Å². The zero-order valence-corrected chi connectivity index (χ0v) is 8.30. The first-order chi connectivity index (χ1) is 7.38. The lowest BCUT2D eigenvalue weighted by atomic mass is 10.2. The van der Waals surface area contributed by atoms with Crippen LogP contribution in [0.3, 0.4) is 0 Å². The van der Waals surface area contributed by atoms with E-state index in [-0.39, 0.29) is 6.61 Å². The molecule has 2 aromatic heterocycles. The average molecular weight is 200 g/mol. The Morgan fingerprint density at radius 2 is 2.20 bits per heavy atom. The molecule has 0 radical (unpaired) electrons. The third-order valence-electron chi connectivity index (χ3n) is 3.01. The number of aromatic nitrogens is 2. The predicted molar refractivity (Wildman–Crippen MR) is 57.5 cm³/mol. The Kier molecular flexibility index (Phi) is 1.92. The summed E-state index contributed by atoms with van der Waals surface area (Å²) in [5.41, 5.74) is 2.97. The fraction of sp³-hybridized carbons (Fsp3) is 0.333. The quantitative estimate of drug-likeness (QED) is 0.803. The summed E-state index contributed by atoms with van der Waals surface area (Å²) in [5, 5.41) is 9.01. The summed E-state index contributed by atoms with van der Waals surface area (Å²) in [6.07, 6.45) is 2.84. The van der Waals surface area contributed by atoms with E-state index >= 15 is 0 Å². The summed E-state index contributed by atoms with van der Waals surface area (Å²) in [5.74, 6) is 0.881. The van der Waals surface area contributed by atoms with Crippen LogP contribution in [0.4, 0.5) is 0 Å². The molecular weight excluding hydrogens is 188 g/mol. The lowest BCUT2D eigenvalue weighted by Gasteiger charge is -2.00. The molecule has 0 saturated heterocycles. The van der Waals surface area contributed by atoms with Crippen molar-refractivity contribution in [3.8, 4) is 0 Å². The van der Waals surface area contributed by atoms with E-state index in [0.29, 0.717) is 11.8 Å². The van der Waals surface area contributed by atoms with Crippen molar-refractivity contribution >= 4 is 11.0 Å². The van der Waals surface area contributed by atoms with Crippen LogP contribution in [-0.2, 0) is 0 Å². The summed E-state index contributed by atoms with van der Waals surface area (Å²) in [6.45, 7) is 0.275. The second-order valence-corrected chi connectivity index (χ2v) is 4.06. The van der Waals surface area contributed by atoms with Crippen LogP contribution >= 0.6 is 0 Å². The molecule has 2 atom stereocenters. The Hall–Kier alpha value is -1.48. The normalized spacial score (nSPS) is 24.3. The van der Waals surface area contributed by atoms with Crippen molar-refractivity contribution in [1.29, 1.82) is 0 Å². The summed E-state index contributed by atoms with van der Waals surface area (Å²) >= 11 is 0. The molecule has 0 bridgehead atoms. The summed E-state index contributed by atoms with van der Waals surface area (Å²) in [7, 11) is 0. The second-order valence-electron chi connectivity index (χ2n) is 4.06. The Balaban J connectivity index is 2.00. The van der Waals surface area contributed by atoms with E-state index in [1.54, 1.807) is 6.20 Å². The average Bonchev–Trinajstić information content (AvgIpc) is 3.08. The minimum absolute atomic E-state index is 0.275. The van der Waals surface area contributed by atoms with Crippen LogP contribution in [-0.4, -0.2) is 21.7 Å². The van der Waals surface area contributed by atoms with E-state index in [1.165, 1.54) is 0 Å². The molecular formula is C12H12N2O. The van der Waals surface area contributed by atoms with Crippen molar-refractivity contribution in [1.82, 2.24) is 9.97 Å². The number of rotatable bonds is 2. The highest BCUT2D eigenvalue weighted by Gasteiger charge is 2.38. The Labute approximate surface area is 87.8 Å². The smallest absolute Gasteiger partial charge is 0.0890 e. The molecule has 0 aliphatic heterocycles. The van der Waals surface area contributed by atoms with Gasteiger partial charge in [0.1, 0.15) is 0 Å². The highest BCUT2D eigenvalue weighted by molar-refractivity contribution is 5.73. The first-order valence-corrected chi connectivity index (χ1v) is 5.21. The minimum Gasteiger partial charge on any atom is -0.396 e. The number of aliphatic hydroxyl groups excluding tert-OH is 1. The zero-order chi connectivity index (χ0) is 10.3. The van der Waals surface area contributed by atoms with Crippen molar-refractivity contribution in [2.24, 2.45) is 5.92 Å². The Bertz CT molecular complexity index is 498. The lowest BCUT2D eigenvalue weighted by molar-refractivity contribution is 0.273. The maximum Gasteiger partial charge on any atom is 0.0890 e. The number of aliphatic hydroxyl groups is 1. The van der Waals surface area contributed by atoms with Crippen LogP contribution in [0.15, 0.2) is 30.5 Å². The van der Waals surface area contributed by atoms with E-state index in [1.807, 2.05) is 24.3 Å². The van der Waals surface area contributed by atoms with Gasteiger partial charge in [0.25, 0.3) is 0 Å². The van der Waals surface area contributed by atoms with E-state index < -0.39 is 0 Å². The van der Waals surface area contributed by atoms with Gasteiger partial charge in [-0.3, -0.25) is 9.97 Å². The number of pyridine rings is 2. The van der Waals surface area contributed by atoms with Crippen LogP contribution in [0.2, 0.25) is 0 Å². The van der Waals surface area contributed by atoms with E-state index in [2.05, 4.69) is 9.97 Å². The maximum absolute atomic E-state index is 9.01. The molecule has 0 unspecified atom stereocenters. The monoisotopic (exact) mass is 200 g/mol. The molecule has 2 heterocycles. The van der Waals surface area contributed by atoms with Crippen LogP contribution in [0, 0.1) is 5.92 Å². The third kappa shape index (κ3) is 1.49. The summed E-state index contributed by atoms with van der Waals surface area (Å²) < 4.78 is 0. The number of nitrogens with zero attached hydrogens (tertiary/aromatic N) is 2. The highest BCUT2D eigenvalue weighted by Crippen LogP contribution is 2.46. The molecule has 1 saturated carbocycles. The molecule has 76 valence electrons. The molecule has 3 heteroatoms. The molecule has 3 nitrogen and oxygen atoms in total. The lowest BCUT2D eigenvalue weighted by Crippen LogP contribution is -1.93. The summed E-state index contributed by atoms with van der Waals surface area (Å²) in [4.78, 5) is 8.79. The van der Waals surface area contributed by atoms with E-state index in [9.17, 15) is 0 Å². The SMILES string of the molecule is OC[C@@H]1C[C@H]1c1ccc2ncccc2n1. The van der Waals surface area contributed by atoms with Gasteiger partial charge in [-0.2, -0.15) is 0 Å². The van der Waals surface area contributed by atoms with Gasteiger partial charge in [0, 0.05) is 24.4 Å². The third-order valence-corrected chi connectivity index (χ3v) is 3.01. The molecule has 1 aliphatic rings. The van der Waals surface area contributed by atoms with E-state index in [0.717, 1.165) is 23.1 Å². The van der Waals surface area contributed by atoms with Gasteiger partial charge >= 0.3 is 0 Å². The van der Waals surface area contributed by atoms with Crippen molar-refractivity contribution in [2.75, 3.05) is 6.61 Å². The van der Waals surface area contributed by atoms with Gasteiger partial charge in [0.2, 0.25) is 0 Å². The molecule has 1 aliphatic carbocycles. The van der Waals surface area contributed by atoms with Crippen LogP contribution in [0.25, 0.3) is 11.0 Å². The second kappa shape index (κ2) is 3.28. The molecule has 1 fully saturated rings. The van der Waals surface area contributed by atoms with Gasteiger partial charge in [0.15, 0.2) is 0 Å². The standard InChI is InChI=1S/C12H12N2O/c15-7-8-6-9(8)10-3-4-11-12(14-10)2-1-5-13-11/h1-5,8-9,15H,6-7H2/t8-,9+/m0/s1. The fourth-order valence-electron chi connectivity index (χ4n) is 1.99. The molecule has 0 aromatic carbocycles. The van der Waals surface area contributed by atoms with Crippen molar-refractivity contribution in [3.05, 3.63) is 36.2 Å². The van der Waals surface area contributed by atoms with Crippen LogP contribution in [0.1, 0.15) is 18.0 Å². The van der Waals surface area contributed by atoms with Crippen molar-refractivity contribution in [3.63, 3.8) is 0 Å². The topological polar surface area (TPSA) is 46.0 Å². The fourth-order valence-corrected chi connectivity index (χ4v) is 1.99. The summed E-state index contributed by atoms with van der Waals surface area (Å²) in [6, 6.07) is 7.90. The number of hydrogen-bond acceptors (Lipinski definition) is 3. The van der Waals surface area contributed by atoms with Gasteiger partial charge in [-0.25, -0.2) is 0 Å². The Morgan fingerprint density at radius 3 is 3.00 bits per heavy atom. The van der Waals surface area contributed by atoms with Gasteiger partial charge in [0.05, 0.1) is 11.0 Å². The highest BCUT2D eigenvalue weighted by atomic mass is 16.3. The maximum atomic E-state index is 9.01. The zero-order valence-electron chi connectivity index (χ0n) is 8.30. The minimum atomic E-state index is 0.275. The predicted octanol–water partition coefficient (Wildman–Crippen LogP) is 1.73. The molecule has 1 N–H and O–H groups in total. The largest absolute Gasteiger partial charge is 0.396 e. The van der Waals surface area contributed by atoms with Crippen molar-refractivity contribution < 1.29 is 5.11 Å². The van der Waals surface area contributed by atoms with Crippen molar-refractivity contribution in [2.45, 2.75) is 12.3 Å². The van der Waals surface area contributed by atoms with Gasteiger partial charge in [-0.05, 0) is 36.6 Å². The molecule has 2 aromatic rings. The number of fused-ring (bicyclic) bond motifs is 1. The van der Waals surface area contributed by atoms with Gasteiger partial charge in [-0.15, -0.1) is 0 Å². The first kappa shape index (κ1) is 8.80. The molecule has 0 spiro atoms. The first-order valence-electron chi connectivity index (χ1n) is 5.21. The van der Waals surface area contributed by atoms with E-state index in [4.69, 9.17) is 5.11 Å². The Morgan fingerprint density at radius 1 is 1.27 bits per heavy atom. The molecule has 3 rings (SSSR count). The number of hydrogen-bond donors (Lipinski definition) is 1. The molecule has 0 amide bonds. The van der Waals surface area contributed by atoms with Crippen LogP contribution in [0.5, 0.6) is 0 Å². The van der Waals surface area contributed by atoms with Crippen LogP contribution < -0.4 is 0 Å². The van der Waals surface area contributed by atoms with Gasteiger partial charge in [-0.1, -0.05) is 0 Å². The molecule has 15 heavy (non-hydrogen) atoms.